The van der Waals surface area contributed by atoms with Gasteiger partial charge in [-0.25, -0.2) is 4.98 Å². The highest BCUT2D eigenvalue weighted by atomic mass is 16.2. The number of amides is 1. The van der Waals surface area contributed by atoms with Crippen molar-refractivity contribution in [1.29, 1.82) is 0 Å². The highest BCUT2D eigenvalue weighted by Gasteiger charge is 2.32. The number of benzene rings is 1. The molecule has 3 rings (SSSR count). The summed E-state index contributed by atoms with van der Waals surface area (Å²) in [5.41, 5.74) is 3.39. The number of hydrogen-bond donors (Lipinski definition) is 1. The number of aromatic amines is 1. The highest BCUT2D eigenvalue weighted by Crippen LogP contribution is 2.28. The van der Waals surface area contributed by atoms with E-state index in [0.717, 1.165) is 30.2 Å². The Balaban J connectivity index is 1.76. The maximum Gasteiger partial charge on any atom is 0.223 e. The lowest BCUT2D eigenvalue weighted by Gasteiger charge is -2.18. The number of hydrogen-bond acceptors (Lipinski definition) is 2. The number of aryl methyl sites for hydroxylation is 1. The van der Waals surface area contributed by atoms with Crippen LogP contribution in [0.25, 0.3) is 11.3 Å². The summed E-state index contributed by atoms with van der Waals surface area (Å²) in [4.78, 5) is 22.0. The fourth-order valence-corrected chi connectivity index (χ4v) is 3.08. The van der Waals surface area contributed by atoms with Gasteiger partial charge in [-0.05, 0) is 24.5 Å². The number of likely N-dealkylation sites (tertiary alicyclic amines) is 1. The third kappa shape index (κ3) is 3.06. The zero-order valence-corrected chi connectivity index (χ0v) is 13.5. The molecule has 4 heteroatoms. The van der Waals surface area contributed by atoms with Crippen LogP contribution in [-0.2, 0) is 4.79 Å². The van der Waals surface area contributed by atoms with Crippen LogP contribution >= 0.6 is 0 Å². The molecule has 4 nitrogen and oxygen atoms in total. The second-order valence-corrected chi connectivity index (χ2v) is 6.65. The lowest BCUT2D eigenvalue weighted by atomic mass is 10.1. The normalized spacial score (nSPS) is 18.5. The van der Waals surface area contributed by atoms with Crippen molar-refractivity contribution < 1.29 is 4.79 Å². The predicted octanol–water partition coefficient (Wildman–Crippen LogP) is 3.36. The van der Waals surface area contributed by atoms with E-state index in [1.807, 2.05) is 11.1 Å². The number of nitrogens with zero attached hydrogens (tertiary/aromatic N) is 2. The minimum absolute atomic E-state index is 0.185. The quantitative estimate of drug-likeness (QED) is 0.940. The van der Waals surface area contributed by atoms with Gasteiger partial charge in [-0.1, -0.05) is 37.6 Å². The summed E-state index contributed by atoms with van der Waals surface area (Å²) in [7, 11) is 0. The van der Waals surface area contributed by atoms with Crippen molar-refractivity contribution in [3.63, 3.8) is 0 Å². The van der Waals surface area contributed by atoms with Gasteiger partial charge >= 0.3 is 0 Å². The molecule has 0 saturated carbocycles. The molecule has 1 saturated heterocycles. The monoisotopic (exact) mass is 297 g/mol. The van der Waals surface area contributed by atoms with E-state index < -0.39 is 0 Å². The molecule has 1 N–H and O–H groups in total. The first-order valence-corrected chi connectivity index (χ1v) is 7.92. The van der Waals surface area contributed by atoms with Crippen molar-refractivity contribution in [2.45, 2.75) is 33.1 Å². The molecule has 1 aromatic heterocycles. The SMILES string of the molecule is Cc1cccc(-c2cnc(C3CC(=O)N(CC(C)C)C3)[nH]2)c1. The van der Waals surface area contributed by atoms with Gasteiger partial charge in [-0.2, -0.15) is 0 Å². The van der Waals surface area contributed by atoms with Gasteiger partial charge in [-0.15, -0.1) is 0 Å². The number of aromatic nitrogens is 2. The number of rotatable bonds is 4. The summed E-state index contributed by atoms with van der Waals surface area (Å²) in [6, 6.07) is 8.35. The molecule has 1 aromatic carbocycles. The molecule has 0 aliphatic carbocycles. The second kappa shape index (κ2) is 5.95. The molecule has 116 valence electrons. The zero-order chi connectivity index (χ0) is 15.7. The maximum atomic E-state index is 12.1. The Hall–Kier alpha value is -2.10. The van der Waals surface area contributed by atoms with E-state index in [0.29, 0.717) is 12.3 Å². The van der Waals surface area contributed by atoms with Gasteiger partial charge in [0.1, 0.15) is 5.82 Å². The third-order valence-electron chi connectivity index (χ3n) is 4.11. The van der Waals surface area contributed by atoms with Crippen LogP contribution in [0.5, 0.6) is 0 Å². The molecule has 1 atom stereocenters. The van der Waals surface area contributed by atoms with Gasteiger partial charge in [0.2, 0.25) is 5.91 Å². The number of H-pyrrole nitrogens is 1. The van der Waals surface area contributed by atoms with Gasteiger partial charge in [0.15, 0.2) is 0 Å². The molecule has 2 heterocycles. The average Bonchev–Trinajstić information content (AvgIpc) is 3.06. The molecule has 1 unspecified atom stereocenters. The smallest absolute Gasteiger partial charge is 0.223 e. The minimum Gasteiger partial charge on any atom is -0.342 e. The lowest BCUT2D eigenvalue weighted by molar-refractivity contribution is -0.128. The van der Waals surface area contributed by atoms with Crippen LogP contribution in [0, 0.1) is 12.8 Å². The van der Waals surface area contributed by atoms with Gasteiger partial charge in [0, 0.05) is 25.4 Å². The highest BCUT2D eigenvalue weighted by molar-refractivity contribution is 5.79. The van der Waals surface area contributed by atoms with Gasteiger partial charge in [-0.3, -0.25) is 4.79 Å². The fourth-order valence-electron chi connectivity index (χ4n) is 3.08. The first-order valence-electron chi connectivity index (χ1n) is 7.92. The lowest BCUT2D eigenvalue weighted by Crippen LogP contribution is -2.29. The van der Waals surface area contributed by atoms with Crippen LogP contribution in [-0.4, -0.2) is 33.9 Å². The first-order chi connectivity index (χ1) is 10.5. The van der Waals surface area contributed by atoms with E-state index in [9.17, 15) is 4.79 Å². The van der Waals surface area contributed by atoms with Gasteiger partial charge < -0.3 is 9.88 Å². The Morgan fingerprint density at radius 3 is 2.95 bits per heavy atom. The van der Waals surface area contributed by atoms with E-state index in [1.165, 1.54) is 5.56 Å². The number of nitrogens with one attached hydrogen (secondary N) is 1. The Kier molecular flexibility index (Phi) is 4.01. The van der Waals surface area contributed by atoms with Crippen molar-refractivity contribution in [3.8, 4) is 11.3 Å². The first kappa shape index (κ1) is 14.8. The van der Waals surface area contributed by atoms with E-state index in [1.54, 1.807) is 0 Å². The fraction of sp³-hybridized carbons (Fsp3) is 0.444. The average molecular weight is 297 g/mol. The molecule has 1 amide bonds. The standard InChI is InChI=1S/C18H23N3O/c1-12(2)10-21-11-15(8-17(21)22)18-19-9-16(20-18)14-6-4-5-13(3)7-14/h4-7,9,12,15H,8,10-11H2,1-3H3,(H,19,20). The van der Waals surface area contributed by atoms with E-state index >= 15 is 0 Å². The summed E-state index contributed by atoms with van der Waals surface area (Å²) in [5, 5.41) is 0. The third-order valence-corrected chi connectivity index (χ3v) is 4.11. The summed E-state index contributed by atoms with van der Waals surface area (Å²) < 4.78 is 0. The largest absolute Gasteiger partial charge is 0.342 e. The molecule has 1 aliphatic heterocycles. The maximum absolute atomic E-state index is 12.1. The molecule has 1 fully saturated rings. The van der Waals surface area contributed by atoms with Crippen molar-refractivity contribution >= 4 is 5.91 Å². The van der Waals surface area contributed by atoms with Crippen LogP contribution in [0.1, 0.15) is 37.6 Å². The van der Waals surface area contributed by atoms with Gasteiger partial charge in [0.25, 0.3) is 0 Å². The second-order valence-electron chi connectivity index (χ2n) is 6.65. The van der Waals surface area contributed by atoms with Crippen molar-refractivity contribution in [1.82, 2.24) is 14.9 Å². The molecular formula is C18H23N3O. The molecule has 0 bridgehead atoms. The molecule has 2 aromatic rings. The molecule has 22 heavy (non-hydrogen) atoms. The van der Waals surface area contributed by atoms with Crippen molar-refractivity contribution in [3.05, 3.63) is 41.9 Å². The van der Waals surface area contributed by atoms with Crippen LogP contribution in [0.3, 0.4) is 0 Å². The van der Waals surface area contributed by atoms with Crippen LogP contribution < -0.4 is 0 Å². The molecular weight excluding hydrogens is 274 g/mol. The summed E-state index contributed by atoms with van der Waals surface area (Å²) in [6.45, 7) is 7.98. The van der Waals surface area contributed by atoms with Crippen molar-refractivity contribution in [2.75, 3.05) is 13.1 Å². The molecule has 1 aliphatic rings. The predicted molar refractivity (Wildman–Crippen MR) is 87.5 cm³/mol. The van der Waals surface area contributed by atoms with Gasteiger partial charge in [0.05, 0.1) is 11.9 Å². The summed E-state index contributed by atoms with van der Waals surface area (Å²) in [6.07, 6.45) is 2.44. The number of imidazole rings is 1. The van der Waals surface area contributed by atoms with E-state index in [2.05, 4.69) is 55.0 Å². The Morgan fingerprint density at radius 1 is 1.41 bits per heavy atom. The summed E-state index contributed by atoms with van der Waals surface area (Å²) in [5.74, 6) is 1.86. The Labute approximate surface area is 131 Å². The van der Waals surface area contributed by atoms with Crippen LogP contribution in [0.2, 0.25) is 0 Å². The van der Waals surface area contributed by atoms with E-state index in [4.69, 9.17) is 0 Å². The number of carbonyl (C=O) groups excluding carboxylic acids is 1. The van der Waals surface area contributed by atoms with Crippen LogP contribution in [0.4, 0.5) is 0 Å². The molecule has 0 radical (unpaired) electrons. The topological polar surface area (TPSA) is 49.0 Å². The van der Waals surface area contributed by atoms with Crippen LogP contribution in [0.15, 0.2) is 30.5 Å². The molecule has 0 spiro atoms. The summed E-state index contributed by atoms with van der Waals surface area (Å²) >= 11 is 0. The van der Waals surface area contributed by atoms with E-state index in [-0.39, 0.29) is 11.8 Å². The Morgan fingerprint density at radius 2 is 2.23 bits per heavy atom. The number of carbonyl (C=O) groups is 1. The Bertz CT molecular complexity index is 674. The van der Waals surface area contributed by atoms with Crippen molar-refractivity contribution in [2.24, 2.45) is 5.92 Å². The minimum atomic E-state index is 0.185. The zero-order valence-electron chi connectivity index (χ0n) is 13.5.